The molecule has 0 unspecified atom stereocenters. The van der Waals surface area contributed by atoms with Crippen LogP contribution in [0.2, 0.25) is 0 Å². The van der Waals surface area contributed by atoms with Crippen LogP contribution >= 0.6 is 0 Å². The summed E-state index contributed by atoms with van der Waals surface area (Å²) in [6.45, 7) is 8.33. The lowest BCUT2D eigenvalue weighted by atomic mass is 9.96. The zero-order chi connectivity index (χ0) is 17.7. The highest BCUT2D eigenvalue weighted by Crippen LogP contribution is 2.20. The molecule has 6 heteroatoms. The van der Waals surface area contributed by atoms with Crippen LogP contribution in [0.5, 0.6) is 0 Å². The third-order valence-corrected chi connectivity index (χ3v) is 3.78. The molecule has 0 saturated heterocycles. The molecule has 0 spiro atoms. The second-order valence-electron chi connectivity index (χ2n) is 7.12. The van der Waals surface area contributed by atoms with Crippen LogP contribution in [0.15, 0.2) is 53.6 Å². The Bertz CT molecular complexity index is 739. The van der Waals surface area contributed by atoms with Gasteiger partial charge in [-0.2, -0.15) is 4.98 Å². The molecule has 0 aliphatic heterocycles. The molecule has 3 rings (SSSR count). The van der Waals surface area contributed by atoms with Gasteiger partial charge in [-0.05, 0) is 29.3 Å². The average Bonchev–Trinajstić information content (AvgIpc) is 3.05. The molecule has 3 heterocycles. The molecule has 0 fully saturated rings. The molecular weight excluding hydrogens is 314 g/mol. The van der Waals surface area contributed by atoms with Gasteiger partial charge in [-0.1, -0.05) is 32.0 Å². The number of hydrogen-bond acceptors (Lipinski definition) is 6. The minimum Gasteiger partial charge on any atom is -0.338 e. The first kappa shape index (κ1) is 17.2. The summed E-state index contributed by atoms with van der Waals surface area (Å²) < 4.78 is 5.47. The van der Waals surface area contributed by atoms with Crippen molar-refractivity contribution in [3.8, 4) is 0 Å². The minimum atomic E-state index is -0.124. The summed E-state index contributed by atoms with van der Waals surface area (Å²) in [4.78, 5) is 15.1. The predicted octanol–water partition coefficient (Wildman–Crippen LogP) is 3.36. The molecule has 0 radical (unpaired) electrons. The third-order valence-electron chi connectivity index (χ3n) is 3.78. The van der Waals surface area contributed by atoms with Crippen LogP contribution < -0.4 is 0 Å². The smallest absolute Gasteiger partial charge is 0.240 e. The standard InChI is InChI=1S/C19H23N5O/c1-19(2,3)18-22-17(25-23-18)14-24(12-15-6-9-20-10-7-15)13-16-5-4-8-21-11-16/h4-11H,12-14H2,1-3H3. The Morgan fingerprint density at radius 2 is 1.68 bits per heavy atom. The summed E-state index contributed by atoms with van der Waals surface area (Å²) in [5, 5.41) is 4.12. The van der Waals surface area contributed by atoms with E-state index in [0.29, 0.717) is 12.4 Å². The van der Waals surface area contributed by atoms with E-state index in [1.807, 2.05) is 36.8 Å². The van der Waals surface area contributed by atoms with E-state index in [9.17, 15) is 0 Å². The molecule has 0 amide bonds. The van der Waals surface area contributed by atoms with E-state index >= 15 is 0 Å². The van der Waals surface area contributed by atoms with Crippen molar-refractivity contribution in [1.29, 1.82) is 0 Å². The fraction of sp³-hybridized carbons (Fsp3) is 0.368. The van der Waals surface area contributed by atoms with Gasteiger partial charge in [0.25, 0.3) is 0 Å². The van der Waals surface area contributed by atoms with Crippen LogP contribution in [-0.4, -0.2) is 25.0 Å². The lowest BCUT2D eigenvalue weighted by Crippen LogP contribution is -2.23. The van der Waals surface area contributed by atoms with Gasteiger partial charge in [-0.3, -0.25) is 14.9 Å². The number of pyridine rings is 2. The van der Waals surface area contributed by atoms with Crippen molar-refractivity contribution >= 4 is 0 Å². The molecule has 6 nitrogen and oxygen atoms in total. The van der Waals surface area contributed by atoms with Crippen molar-refractivity contribution in [2.75, 3.05) is 0 Å². The van der Waals surface area contributed by atoms with Crippen LogP contribution in [0.4, 0.5) is 0 Å². The van der Waals surface area contributed by atoms with Crippen molar-refractivity contribution in [1.82, 2.24) is 25.0 Å². The minimum absolute atomic E-state index is 0.124. The second-order valence-corrected chi connectivity index (χ2v) is 7.12. The highest BCUT2D eigenvalue weighted by Gasteiger charge is 2.22. The average molecular weight is 337 g/mol. The maximum absolute atomic E-state index is 5.47. The Morgan fingerprint density at radius 3 is 2.32 bits per heavy atom. The van der Waals surface area contributed by atoms with Gasteiger partial charge >= 0.3 is 0 Å². The summed E-state index contributed by atoms with van der Waals surface area (Å²) >= 11 is 0. The Kier molecular flexibility index (Phi) is 5.19. The first-order valence-corrected chi connectivity index (χ1v) is 8.34. The molecule has 0 aliphatic rings. The second kappa shape index (κ2) is 7.53. The Labute approximate surface area is 147 Å². The Hall–Kier alpha value is -2.60. The van der Waals surface area contributed by atoms with Gasteiger partial charge in [0, 0.05) is 43.3 Å². The van der Waals surface area contributed by atoms with E-state index in [0.717, 1.165) is 24.5 Å². The zero-order valence-corrected chi connectivity index (χ0v) is 14.9. The van der Waals surface area contributed by atoms with Gasteiger partial charge in [0.15, 0.2) is 5.82 Å². The van der Waals surface area contributed by atoms with E-state index in [1.165, 1.54) is 5.56 Å². The number of aromatic nitrogens is 4. The molecule has 130 valence electrons. The van der Waals surface area contributed by atoms with Gasteiger partial charge in [0.1, 0.15) is 0 Å². The van der Waals surface area contributed by atoms with Crippen molar-refractivity contribution in [2.45, 2.75) is 45.8 Å². The molecule has 0 aromatic carbocycles. The largest absolute Gasteiger partial charge is 0.338 e. The molecule has 3 aromatic heterocycles. The van der Waals surface area contributed by atoms with Gasteiger partial charge in [-0.15, -0.1) is 0 Å². The van der Waals surface area contributed by atoms with Crippen LogP contribution in [0.25, 0.3) is 0 Å². The van der Waals surface area contributed by atoms with E-state index < -0.39 is 0 Å². The van der Waals surface area contributed by atoms with Gasteiger partial charge < -0.3 is 4.52 Å². The summed E-state index contributed by atoms with van der Waals surface area (Å²) in [6.07, 6.45) is 7.28. The first-order chi connectivity index (χ1) is 12.0. The molecule has 0 atom stereocenters. The van der Waals surface area contributed by atoms with E-state index in [2.05, 4.69) is 51.8 Å². The third kappa shape index (κ3) is 4.93. The Balaban J connectivity index is 1.77. The predicted molar refractivity (Wildman–Crippen MR) is 94.4 cm³/mol. The molecule has 0 saturated carbocycles. The van der Waals surface area contributed by atoms with Gasteiger partial charge in [0.05, 0.1) is 6.54 Å². The molecule has 0 N–H and O–H groups in total. The van der Waals surface area contributed by atoms with E-state index in [1.54, 1.807) is 6.20 Å². The van der Waals surface area contributed by atoms with Crippen LogP contribution in [0.3, 0.4) is 0 Å². The molecule has 25 heavy (non-hydrogen) atoms. The number of nitrogens with zero attached hydrogens (tertiary/aromatic N) is 5. The van der Waals surface area contributed by atoms with Crippen molar-refractivity contribution < 1.29 is 4.52 Å². The summed E-state index contributed by atoms with van der Waals surface area (Å²) in [7, 11) is 0. The normalized spacial score (nSPS) is 11.8. The van der Waals surface area contributed by atoms with E-state index in [4.69, 9.17) is 4.52 Å². The van der Waals surface area contributed by atoms with Crippen LogP contribution in [0, 0.1) is 0 Å². The lowest BCUT2D eigenvalue weighted by Gasteiger charge is -2.20. The number of hydrogen-bond donors (Lipinski definition) is 0. The molecular formula is C19H23N5O. The summed E-state index contributed by atoms with van der Waals surface area (Å²) in [5.74, 6) is 1.36. The fourth-order valence-corrected chi connectivity index (χ4v) is 2.48. The quantitative estimate of drug-likeness (QED) is 0.687. The lowest BCUT2D eigenvalue weighted by molar-refractivity contribution is 0.210. The summed E-state index contributed by atoms with van der Waals surface area (Å²) in [6, 6.07) is 8.06. The van der Waals surface area contributed by atoms with Gasteiger partial charge in [0.2, 0.25) is 5.89 Å². The zero-order valence-electron chi connectivity index (χ0n) is 14.9. The summed E-state index contributed by atoms with van der Waals surface area (Å²) in [5.41, 5.74) is 2.21. The van der Waals surface area contributed by atoms with Crippen molar-refractivity contribution in [3.63, 3.8) is 0 Å². The molecule has 0 bridgehead atoms. The maximum Gasteiger partial charge on any atom is 0.240 e. The molecule has 0 aliphatic carbocycles. The van der Waals surface area contributed by atoms with Crippen molar-refractivity contribution in [2.24, 2.45) is 0 Å². The number of rotatable bonds is 6. The highest BCUT2D eigenvalue weighted by molar-refractivity contribution is 5.12. The Morgan fingerprint density at radius 1 is 0.920 bits per heavy atom. The maximum atomic E-state index is 5.47. The monoisotopic (exact) mass is 337 g/mol. The molecule has 3 aromatic rings. The van der Waals surface area contributed by atoms with Gasteiger partial charge in [-0.25, -0.2) is 0 Å². The first-order valence-electron chi connectivity index (χ1n) is 8.34. The fourth-order valence-electron chi connectivity index (χ4n) is 2.48. The van der Waals surface area contributed by atoms with Crippen molar-refractivity contribution in [3.05, 3.63) is 71.9 Å². The highest BCUT2D eigenvalue weighted by atomic mass is 16.5. The SMILES string of the molecule is CC(C)(C)c1noc(CN(Cc2ccncc2)Cc2cccnc2)n1. The van der Waals surface area contributed by atoms with E-state index in [-0.39, 0.29) is 5.41 Å². The topological polar surface area (TPSA) is 67.9 Å². The van der Waals surface area contributed by atoms with Crippen LogP contribution in [0.1, 0.15) is 43.6 Å². The van der Waals surface area contributed by atoms with Crippen LogP contribution in [-0.2, 0) is 25.0 Å².